The Labute approximate surface area is 196 Å². The number of aryl methyl sites for hydroxylation is 1. The number of benzene rings is 2. The summed E-state index contributed by atoms with van der Waals surface area (Å²) in [6.45, 7) is 2.19. The second kappa shape index (κ2) is 13.3. The van der Waals surface area contributed by atoms with Crippen molar-refractivity contribution in [3.8, 4) is 17.2 Å². The molecule has 7 heteroatoms. The number of para-hydroxylation sites is 1. The number of hydrogen-bond acceptors (Lipinski definition) is 4. The zero-order valence-corrected chi connectivity index (χ0v) is 20.2. The summed E-state index contributed by atoms with van der Waals surface area (Å²) in [5.74, 6) is -0.0697. The molecule has 0 heterocycles. The maximum Gasteiger partial charge on any atom is 1.00 e. The quantitative estimate of drug-likeness (QED) is 0.319. The zero-order chi connectivity index (χ0) is 20.4. The summed E-state index contributed by atoms with van der Waals surface area (Å²) in [4.78, 5) is -0.307. The maximum absolute atomic E-state index is 12.1. The van der Waals surface area contributed by atoms with Gasteiger partial charge in [0.2, 0.25) is 0 Å². The molecule has 5 nitrogen and oxygen atoms in total. The van der Waals surface area contributed by atoms with Gasteiger partial charge in [0.1, 0.15) is 16.4 Å². The van der Waals surface area contributed by atoms with Crippen molar-refractivity contribution in [3.05, 3.63) is 48.0 Å². The molecule has 2 aromatic carbocycles. The van der Waals surface area contributed by atoms with Gasteiger partial charge in [0.15, 0.2) is 0 Å². The minimum Gasteiger partial charge on any atom is -0.872 e. The molecule has 29 heavy (non-hydrogen) atoms. The van der Waals surface area contributed by atoms with Gasteiger partial charge in [0.25, 0.3) is 10.1 Å². The van der Waals surface area contributed by atoms with Gasteiger partial charge in [0, 0.05) is 0 Å². The molecule has 0 saturated heterocycles. The Morgan fingerprint density at radius 2 is 1.52 bits per heavy atom. The topological polar surface area (TPSA) is 86.7 Å². The summed E-state index contributed by atoms with van der Waals surface area (Å²) in [5, 5.41) is 12.1. The molecule has 0 aliphatic carbocycles. The van der Waals surface area contributed by atoms with Crippen molar-refractivity contribution in [2.75, 3.05) is 0 Å². The fraction of sp³-hybridized carbons (Fsp3) is 0.455. The third-order valence-corrected chi connectivity index (χ3v) is 5.61. The number of rotatable bonds is 12. The molecule has 154 valence electrons. The smallest absolute Gasteiger partial charge is 0.872 e. The summed E-state index contributed by atoms with van der Waals surface area (Å²) >= 11 is 0. The van der Waals surface area contributed by atoms with Crippen LogP contribution in [0.2, 0.25) is 0 Å². The van der Waals surface area contributed by atoms with Crippen LogP contribution in [0.25, 0.3) is 0 Å². The van der Waals surface area contributed by atoms with Crippen molar-refractivity contribution in [2.24, 2.45) is 0 Å². The maximum atomic E-state index is 12.1. The molecule has 2 rings (SSSR count). The molecular weight excluding hydrogens is 399 g/mol. The molecular formula is C22H29NaO5S. The molecule has 0 aliphatic heterocycles. The molecule has 0 atom stereocenters. The Morgan fingerprint density at radius 3 is 2.10 bits per heavy atom. The summed E-state index contributed by atoms with van der Waals surface area (Å²) < 4.78 is 39.3. The predicted molar refractivity (Wildman–Crippen MR) is 109 cm³/mol. The summed E-state index contributed by atoms with van der Waals surface area (Å²) in [7, 11) is -4.52. The van der Waals surface area contributed by atoms with Gasteiger partial charge < -0.3 is 9.84 Å². The second-order valence-corrected chi connectivity index (χ2v) is 8.38. The van der Waals surface area contributed by atoms with Crippen LogP contribution in [0.3, 0.4) is 0 Å². The first-order chi connectivity index (χ1) is 13.4. The van der Waals surface area contributed by atoms with E-state index >= 15 is 0 Å². The molecule has 0 amide bonds. The van der Waals surface area contributed by atoms with Gasteiger partial charge in [-0.05, 0) is 36.6 Å². The summed E-state index contributed by atoms with van der Waals surface area (Å²) in [6.07, 6.45) is 9.31. The third-order valence-electron chi connectivity index (χ3n) is 4.63. The van der Waals surface area contributed by atoms with Gasteiger partial charge in [-0.1, -0.05) is 76.1 Å². The Balaban J connectivity index is 0.00000420. The summed E-state index contributed by atoms with van der Waals surface area (Å²) in [6, 6.07) is 11.0. The van der Waals surface area contributed by atoms with E-state index < -0.39 is 10.1 Å². The van der Waals surface area contributed by atoms with Crippen molar-refractivity contribution in [1.29, 1.82) is 0 Å². The van der Waals surface area contributed by atoms with Gasteiger partial charge >= 0.3 is 29.6 Å². The second-order valence-electron chi connectivity index (χ2n) is 7.02. The Kier molecular flexibility index (Phi) is 11.9. The summed E-state index contributed by atoms with van der Waals surface area (Å²) in [5.41, 5.74) is 0.312. The van der Waals surface area contributed by atoms with Crippen LogP contribution in [0.5, 0.6) is 17.2 Å². The van der Waals surface area contributed by atoms with E-state index in [1.165, 1.54) is 31.7 Å². The van der Waals surface area contributed by atoms with Crippen LogP contribution in [0.4, 0.5) is 0 Å². The van der Waals surface area contributed by atoms with E-state index in [4.69, 9.17) is 4.74 Å². The Hall–Kier alpha value is -1.05. The zero-order valence-electron chi connectivity index (χ0n) is 17.4. The fourth-order valence-corrected chi connectivity index (χ4v) is 4.10. The minimum atomic E-state index is -4.52. The standard InChI is InChI=1S/C22H30O5S.Na/c1-2-3-4-5-6-7-8-10-13-18-16-19(23)17-21(22(18)28(24,25)26)27-20-14-11-9-12-15-20;/h9,11-12,14-17,23H,2-8,10,13H2,1H3,(H,24,25,26);/q;+1/p-1. The minimum absolute atomic E-state index is 0. The van der Waals surface area contributed by atoms with Crippen molar-refractivity contribution in [3.63, 3.8) is 0 Å². The van der Waals surface area contributed by atoms with Crippen LogP contribution < -0.4 is 39.4 Å². The van der Waals surface area contributed by atoms with E-state index in [-0.39, 0.29) is 46.0 Å². The SMILES string of the molecule is CCCCCCCCCCc1cc([O-])cc(Oc2ccccc2)c1S(=O)(=O)O.[Na+]. The molecule has 0 aromatic heterocycles. The molecule has 0 fully saturated rings. The van der Waals surface area contributed by atoms with E-state index in [0.29, 0.717) is 17.7 Å². The Bertz CT molecular complexity index is 838. The molecule has 1 N–H and O–H groups in total. The van der Waals surface area contributed by atoms with Crippen molar-refractivity contribution in [2.45, 2.75) is 69.6 Å². The monoisotopic (exact) mass is 428 g/mol. The van der Waals surface area contributed by atoms with E-state index in [0.717, 1.165) is 31.7 Å². The number of unbranched alkanes of at least 4 members (excludes halogenated alkanes) is 7. The van der Waals surface area contributed by atoms with Gasteiger partial charge in [0.05, 0.1) is 0 Å². The molecule has 0 aliphatic rings. The third kappa shape index (κ3) is 9.09. The van der Waals surface area contributed by atoms with Crippen molar-refractivity contribution >= 4 is 10.1 Å². The number of hydrogen-bond donors (Lipinski definition) is 1. The first kappa shape index (κ1) is 26.0. The predicted octanol–water partition coefficient (Wildman–Crippen LogP) is 2.49. The van der Waals surface area contributed by atoms with Gasteiger partial charge in [-0.2, -0.15) is 8.42 Å². The van der Waals surface area contributed by atoms with Crippen molar-refractivity contribution < 1.29 is 52.4 Å². The largest absolute Gasteiger partial charge is 1.00 e. The van der Waals surface area contributed by atoms with E-state index in [1.54, 1.807) is 30.3 Å². The average molecular weight is 429 g/mol. The molecule has 0 radical (unpaired) electrons. The van der Waals surface area contributed by atoms with Gasteiger partial charge in [-0.25, -0.2) is 0 Å². The van der Waals surface area contributed by atoms with Crippen LogP contribution in [0, 0.1) is 0 Å². The molecule has 2 aromatic rings. The first-order valence-corrected chi connectivity index (χ1v) is 11.4. The van der Waals surface area contributed by atoms with E-state index in [2.05, 4.69) is 6.92 Å². The van der Waals surface area contributed by atoms with E-state index in [9.17, 15) is 18.1 Å². The average Bonchev–Trinajstić information content (AvgIpc) is 2.63. The van der Waals surface area contributed by atoms with Crippen molar-refractivity contribution in [1.82, 2.24) is 0 Å². The first-order valence-electron chi connectivity index (χ1n) is 9.96. The van der Waals surface area contributed by atoms with E-state index in [1.807, 2.05) is 0 Å². The number of ether oxygens (including phenoxy) is 1. The van der Waals surface area contributed by atoms with Crippen LogP contribution in [0.1, 0.15) is 63.9 Å². The van der Waals surface area contributed by atoms with Gasteiger partial charge in [-0.15, -0.1) is 5.75 Å². The molecule has 0 bridgehead atoms. The Morgan fingerprint density at radius 1 is 0.931 bits per heavy atom. The van der Waals surface area contributed by atoms with Crippen LogP contribution in [-0.4, -0.2) is 13.0 Å². The van der Waals surface area contributed by atoms with Gasteiger partial charge in [-0.3, -0.25) is 4.55 Å². The van der Waals surface area contributed by atoms with Crippen LogP contribution in [0.15, 0.2) is 47.4 Å². The fourth-order valence-electron chi connectivity index (χ4n) is 3.25. The normalized spacial score (nSPS) is 11.1. The molecule has 0 spiro atoms. The molecule has 0 saturated carbocycles. The van der Waals surface area contributed by atoms with Crippen LogP contribution in [-0.2, 0) is 16.5 Å². The van der Waals surface area contributed by atoms with Crippen LogP contribution >= 0.6 is 0 Å². The molecule has 0 unspecified atom stereocenters.